The predicted molar refractivity (Wildman–Crippen MR) is 67.1 cm³/mol. The fraction of sp³-hybridized carbons (Fsp3) is 0.250. The lowest BCUT2D eigenvalue weighted by molar-refractivity contribution is -0.137. The average Bonchev–Trinajstić information content (AvgIpc) is 2.28. The Kier molecular flexibility index (Phi) is 4.40. The molecule has 5 heteroatoms. The Hall–Kier alpha value is -1.23. The Labute approximate surface area is 102 Å². The van der Waals surface area contributed by atoms with Gasteiger partial charge in [-0.05, 0) is 24.6 Å². The van der Waals surface area contributed by atoms with Crippen LogP contribution in [0.4, 0.5) is 13.2 Å². The van der Waals surface area contributed by atoms with Crippen molar-refractivity contribution < 1.29 is 13.2 Å². The first-order valence-electron chi connectivity index (χ1n) is 4.82. The monoisotopic (exact) mass is 259 g/mol. The summed E-state index contributed by atoms with van der Waals surface area (Å²) < 4.78 is 37.5. The Bertz CT molecular complexity index is 449. The van der Waals surface area contributed by atoms with Crippen molar-refractivity contribution in [3.63, 3.8) is 0 Å². The number of hydrogen-bond acceptors (Lipinski definition) is 2. The first-order chi connectivity index (χ1) is 7.84. The van der Waals surface area contributed by atoms with Gasteiger partial charge in [0, 0.05) is 12.0 Å². The van der Waals surface area contributed by atoms with Gasteiger partial charge in [0.25, 0.3) is 0 Å². The van der Waals surface area contributed by atoms with Crippen molar-refractivity contribution in [3.8, 4) is 0 Å². The van der Waals surface area contributed by atoms with Gasteiger partial charge in [-0.1, -0.05) is 30.5 Å². The van der Waals surface area contributed by atoms with E-state index >= 15 is 0 Å². The number of thioether (sulfide) groups is 1. The third-order valence-electron chi connectivity index (χ3n) is 2.10. The second kappa shape index (κ2) is 5.40. The molecule has 0 atom stereocenters. The van der Waals surface area contributed by atoms with Crippen LogP contribution in [0.15, 0.2) is 35.8 Å². The minimum atomic E-state index is -4.32. The number of nitrogens with zero attached hydrogens (tertiary/aromatic N) is 1. The number of benzene rings is 1. The molecule has 92 valence electrons. The smallest absolute Gasteiger partial charge is 0.286 e. The van der Waals surface area contributed by atoms with Crippen LogP contribution in [0.3, 0.4) is 0 Å². The number of aliphatic imine (C=N–C) groups is 1. The van der Waals surface area contributed by atoms with Crippen molar-refractivity contribution >= 4 is 21.7 Å². The van der Waals surface area contributed by atoms with Crippen LogP contribution in [0, 0.1) is 0 Å². The molecule has 0 aliphatic heterocycles. The van der Waals surface area contributed by atoms with Gasteiger partial charge in [-0.3, -0.25) is 4.99 Å². The van der Waals surface area contributed by atoms with E-state index in [0.717, 1.165) is 17.2 Å². The maximum atomic E-state index is 12.5. The molecule has 1 rings (SSSR count). The Morgan fingerprint density at radius 2 is 2.00 bits per heavy atom. The highest BCUT2D eigenvalue weighted by atomic mass is 32.2. The van der Waals surface area contributed by atoms with E-state index < -0.39 is 11.7 Å². The van der Waals surface area contributed by atoms with Crippen LogP contribution in [0.5, 0.6) is 0 Å². The van der Waals surface area contributed by atoms with Crippen LogP contribution in [-0.4, -0.2) is 12.1 Å². The van der Waals surface area contributed by atoms with E-state index in [1.807, 2.05) is 0 Å². The number of halogens is 3. The van der Waals surface area contributed by atoms with Crippen molar-refractivity contribution in [3.05, 3.63) is 42.0 Å². The molecule has 0 spiro atoms. The van der Waals surface area contributed by atoms with Crippen LogP contribution in [-0.2, 0) is 6.18 Å². The van der Waals surface area contributed by atoms with Crippen LogP contribution in [0.25, 0.3) is 4.91 Å². The Balaban J connectivity index is 2.96. The van der Waals surface area contributed by atoms with Crippen LogP contribution in [0.1, 0.15) is 18.1 Å². The lowest BCUT2D eigenvalue weighted by Crippen LogP contribution is -2.04. The number of rotatable bonds is 2. The zero-order valence-corrected chi connectivity index (χ0v) is 10.3. The van der Waals surface area contributed by atoms with Gasteiger partial charge in [-0.2, -0.15) is 13.2 Å². The van der Waals surface area contributed by atoms with Crippen LogP contribution >= 0.6 is 11.8 Å². The first kappa shape index (κ1) is 13.8. The average molecular weight is 259 g/mol. The zero-order chi connectivity index (χ0) is 13.1. The van der Waals surface area contributed by atoms with Crippen molar-refractivity contribution in [1.29, 1.82) is 0 Å². The molecule has 1 aromatic rings. The second-order valence-corrected chi connectivity index (χ2v) is 4.63. The third kappa shape index (κ3) is 3.93. The third-order valence-corrected chi connectivity index (χ3v) is 3.06. The standard InChI is InChI=1S/C12H12F3NS/c1-8(17-9(2)16-3)10-5-4-6-11(7-10)12(13,14)15/h4-7H,1H2,2-3H3. The molecule has 0 fully saturated rings. The zero-order valence-electron chi connectivity index (χ0n) is 9.51. The normalized spacial score (nSPS) is 12.6. The summed E-state index contributed by atoms with van der Waals surface area (Å²) in [6.07, 6.45) is -4.32. The van der Waals surface area contributed by atoms with E-state index in [1.165, 1.54) is 17.8 Å². The second-order valence-electron chi connectivity index (χ2n) is 3.35. The van der Waals surface area contributed by atoms with Gasteiger partial charge in [0.05, 0.1) is 10.6 Å². The molecule has 0 unspecified atom stereocenters. The number of hydrogen-bond donors (Lipinski definition) is 0. The van der Waals surface area contributed by atoms with Gasteiger partial charge in [-0.15, -0.1) is 0 Å². The molecule has 0 saturated carbocycles. The van der Waals surface area contributed by atoms with Crippen molar-refractivity contribution in [2.45, 2.75) is 13.1 Å². The summed E-state index contributed by atoms with van der Waals surface area (Å²) in [5.74, 6) is 0. The lowest BCUT2D eigenvalue weighted by Gasteiger charge is -2.10. The Morgan fingerprint density at radius 3 is 2.53 bits per heavy atom. The van der Waals surface area contributed by atoms with Gasteiger partial charge < -0.3 is 0 Å². The van der Waals surface area contributed by atoms with Gasteiger partial charge in [-0.25, -0.2) is 0 Å². The molecule has 17 heavy (non-hydrogen) atoms. The van der Waals surface area contributed by atoms with Gasteiger partial charge in [0.1, 0.15) is 0 Å². The van der Waals surface area contributed by atoms with Crippen LogP contribution in [0.2, 0.25) is 0 Å². The quantitative estimate of drug-likeness (QED) is 0.564. The summed E-state index contributed by atoms with van der Waals surface area (Å²) in [5.41, 5.74) is -0.198. The SMILES string of the molecule is C=C(SC(C)=NC)c1cccc(C(F)(F)F)c1. The fourth-order valence-electron chi connectivity index (χ4n) is 1.15. The minimum Gasteiger partial charge on any atom is -0.286 e. The van der Waals surface area contributed by atoms with E-state index in [4.69, 9.17) is 0 Å². The van der Waals surface area contributed by atoms with E-state index in [1.54, 1.807) is 20.0 Å². The molecule has 0 aliphatic rings. The summed E-state index contributed by atoms with van der Waals surface area (Å²) in [6, 6.07) is 5.12. The molecule has 0 amide bonds. The predicted octanol–water partition coefficient (Wildman–Crippen LogP) is 4.46. The minimum absolute atomic E-state index is 0.466. The maximum Gasteiger partial charge on any atom is 0.416 e. The fourth-order valence-corrected chi connectivity index (χ4v) is 1.84. The largest absolute Gasteiger partial charge is 0.416 e. The van der Waals surface area contributed by atoms with E-state index in [9.17, 15) is 13.2 Å². The highest BCUT2D eigenvalue weighted by Gasteiger charge is 2.30. The topological polar surface area (TPSA) is 12.4 Å². The summed E-state index contributed by atoms with van der Waals surface area (Å²) >= 11 is 1.26. The molecule has 0 heterocycles. The van der Waals surface area contributed by atoms with Gasteiger partial charge >= 0.3 is 6.18 Å². The summed E-state index contributed by atoms with van der Waals surface area (Å²) in [4.78, 5) is 4.48. The molecule has 0 aromatic heterocycles. The first-order valence-corrected chi connectivity index (χ1v) is 5.64. The molecule has 0 aliphatic carbocycles. The molecule has 1 aromatic carbocycles. The highest BCUT2D eigenvalue weighted by Crippen LogP contribution is 2.33. The van der Waals surface area contributed by atoms with Crippen molar-refractivity contribution in [2.24, 2.45) is 4.99 Å². The molecular formula is C12H12F3NS. The number of alkyl halides is 3. The highest BCUT2D eigenvalue weighted by molar-refractivity contribution is 8.21. The summed E-state index contributed by atoms with van der Waals surface area (Å²) in [6.45, 7) is 5.53. The molecule has 0 saturated heterocycles. The summed E-state index contributed by atoms with van der Waals surface area (Å²) in [7, 11) is 1.63. The summed E-state index contributed by atoms with van der Waals surface area (Å²) in [5, 5.41) is 0.757. The maximum absolute atomic E-state index is 12.5. The molecule has 0 bridgehead atoms. The Morgan fingerprint density at radius 1 is 1.35 bits per heavy atom. The van der Waals surface area contributed by atoms with E-state index in [0.29, 0.717) is 10.5 Å². The van der Waals surface area contributed by atoms with Gasteiger partial charge in [0.2, 0.25) is 0 Å². The lowest BCUT2D eigenvalue weighted by atomic mass is 10.1. The molecule has 0 N–H and O–H groups in total. The van der Waals surface area contributed by atoms with Gasteiger partial charge in [0.15, 0.2) is 0 Å². The van der Waals surface area contributed by atoms with Crippen molar-refractivity contribution in [1.82, 2.24) is 0 Å². The van der Waals surface area contributed by atoms with E-state index in [2.05, 4.69) is 11.6 Å². The van der Waals surface area contributed by atoms with Crippen LogP contribution < -0.4 is 0 Å². The molecule has 0 radical (unpaired) electrons. The molecule has 1 nitrogen and oxygen atoms in total. The van der Waals surface area contributed by atoms with E-state index in [-0.39, 0.29) is 0 Å². The van der Waals surface area contributed by atoms with Crippen molar-refractivity contribution in [2.75, 3.05) is 7.05 Å². The molecular weight excluding hydrogens is 247 g/mol.